The Kier molecular flexibility index (Phi) is 4.50. The third-order valence-electron chi connectivity index (χ3n) is 5.54. The van der Waals surface area contributed by atoms with Crippen LogP contribution in [0.25, 0.3) is 11.3 Å². The number of hydrogen-bond donors (Lipinski definition) is 2. The number of ether oxygens (including phenoxy) is 1. The molecule has 1 aliphatic heterocycles. The predicted octanol–water partition coefficient (Wildman–Crippen LogP) is 4.19. The van der Waals surface area contributed by atoms with Crippen molar-refractivity contribution in [3.63, 3.8) is 0 Å². The third-order valence-corrected chi connectivity index (χ3v) is 5.54. The van der Waals surface area contributed by atoms with Crippen molar-refractivity contribution >= 4 is 23.2 Å². The predicted molar refractivity (Wildman–Crippen MR) is 112 cm³/mol. The third kappa shape index (κ3) is 3.43. The summed E-state index contributed by atoms with van der Waals surface area (Å²) in [7, 11) is 0. The summed E-state index contributed by atoms with van der Waals surface area (Å²) in [4.78, 5) is 24.4. The van der Waals surface area contributed by atoms with Gasteiger partial charge in [-0.15, -0.1) is 0 Å². The molecule has 1 atom stereocenters. The Labute approximate surface area is 173 Å². The van der Waals surface area contributed by atoms with Gasteiger partial charge in [0.05, 0.1) is 5.69 Å². The molecule has 0 fully saturated rings. The van der Waals surface area contributed by atoms with Gasteiger partial charge in [-0.1, -0.05) is 17.3 Å². The normalized spacial score (nSPS) is 17.4. The Morgan fingerprint density at radius 1 is 1.10 bits per heavy atom. The van der Waals surface area contributed by atoms with Gasteiger partial charge in [0.2, 0.25) is 0 Å². The van der Waals surface area contributed by atoms with Crippen molar-refractivity contribution in [3.8, 4) is 17.1 Å². The summed E-state index contributed by atoms with van der Waals surface area (Å²) < 4.78 is 11.0. The minimum atomic E-state index is -0.546. The second-order valence-electron chi connectivity index (χ2n) is 7.68. The Morgan fingerprint density at radius 2 is 1.93 bits per heavy atom. The van der Waals surface area contributed by atoms with Gasteiger partial charge in [0.1, 0.15) is 5.75 Å². The molecule has 5 rings (SSSR count). The second-order valence-corrected chi connectivity index (χ2v) is 7.68. The van der Waals surface area contributed by atoms with E-state index in [4.69, 9.17) is 9.26 Å². The molecule has 2 amide bonds. The highest BCUT2D eigenvalue weighted by atomic mass is 16.5. The smallest absolute Gasteiger partial charge is 0.277 e. The van der Waals surface area contributed by atoms with E-state index in [1.165, 1.54) is 24.0 Å². The minimum absolute atomic E-state index is 0.189. The Morgan fingerprint density at radius 3 is 2.80 bits per heavy atom. The number of aryl methyl sites for hydroxylation is 2. The molecule has 0 spiro atoms. The Balaban J connectivity index is 1.33. The van der Waals surface area contributed by atoms with E-state index in [2.05, 4.69) is 27.9 Å². The molecule has 3 aromatic rings. The van der Waals surface area contributed by atoms with Gasteiger partial charge in [-0.3, -0.25) is 9.59 Å². The zero-order valence-electron chi connectivity index (χ0n) is 16.5. The molecule has 1 unspecified atom stereocenters. The molecule has 1 aliphatic carbocycles. The summed E-state index contributed by atoms with van der Waals surface area (Å²) in [6.45, 7) is 1.68. The van der Waals surface area contributed by atoms with E-state index >= 15 is 0 Å². The molecule has 7 nitrogen and oxygen atoms in total. The number of amides is 2. The standard InChI is InChI=1S/C23H21N3O4/c1-13-22(27)25-18-11-17(8-9-20(18)29-13)24-23(28)19-12-21(30-26-19)16-7-6-14-4-2-3-5-15(14)10-16/h6-13H,2-5H2,1H3,(H,24,28)(H,25,27). The number of anilines is 2. The molecule has 7 heteroatoms. The van der Waals surface area contributed by atoms with E-state index < -0.39 is 6.10 Å². The molecule has 2 heterocycles. The number of carbonyl (C=O) groups is 2. The van der Waals surface area contributed by atoms with Gasteiger partial charge in [-0.05, 0) is 68.0 Å². The molecule has 0 radical (unpaired) electrons. The summed E-state index contributed by atoms with van der Waals surface area (Å²) in [5, 5.41) is 9.47. The zero-order valence-corrected chi connectivity index (χ0v) is 16.5. The lowest BCUT2D eigenvalue weighted by Crippen LogP contribution is -2.34. The van der Waals surface area contributed by atoms with Gasteiger partial charge >= 0.3 is 0 Å². The molecule has 152 valence electrons. The topological polar surface area (TPSA) is 93.5 Å². The highest BCUT2D eigenvalue weighted by molar-refractivity contribution is 6.04. The first kappa shape index (κ1) is 18.4. The van der Waals surface area contributed by atoms with Crippen molar-refractivity contribution in [3.05, 3.63) is 59.3 Å². The number of nitrogens with zero attached hydrogens (tertiary/aromatic N) is 1. The molecule has 1 aromatic heterocycles. The summed E-state index contributed by atoms with van der Waals surface area (Å²) >= 11 is 0. The molecule has 2 aromatic carbocycles. The Hall–Kier alpha value is -3.61. The van der Waals surface area contributed by atoms with Crippen LogP contribution in [0.2, 0.25) is 0 Å². The van der Waals surface area contributed by atoms with Gasteiger partial charge in [0.15, 0.2) is 17.6 Å². The van der Waals surface area contributed by atoms with Crippen LogP contribution in [-0.4, -0.2) is 23.1 Å². The number of carbonyl (C=O) groups excluding carboxylic acids is 2. The number of nitrogens with one attached hydrogen (secondary N) is 2. The molecular weight excluding hydrogens is 382 g/mol. The average Bonchev–Trinajstić information content (AvgIpc) is 3.25. The fourth-order valence-electron chi connectivity index (χ4n) is 3.89. The maximum atomic E-state index is 12.6. The minimum Gasteiger partial charge on any atom is -0.479 e. The number of fused-ring (bicyclic) bond motifs is 2. The van der Waals surface area contributed by atoms with Crippen LogP contribution < -0.4 is 15.4 Å². The van der Waals surface area contributed by atoms with E-state index in [0.717, 1.165) is 18.4 Å². The van der Waals surface area contributed by atoms with E-state index in [0.29, 0.717) is 22.9 Å². The average molecular weight is 403 g/mol. The van der Waals surface area contributed by atoms with Gasteiger partial charge in [-0.25, -0.2) is 0 Å². The number of rotatable bonds is 3. The lowest BCUT2D eigenvalue weighted by molar-refractivity contribution is -0.122. The van der Waals surface area contributed by atoms with Gasteiger partial charge in [-0.2, -0.15) is 0 Å². The molecule has 0 bridgehead atoms. The van der Waals surface area contributed by atoms with Gasteiger partial charge in [0.25, 0.3) is 11.8 Å². The highest BCUT2D eigenvalue weighted by Crippen LogP contribution is 2.32. The van der Waals surface area contributed by atoms with Gasteiger partial charge in [0, 0.05) is 17.3 Å². The van der Waals surface area contributed by atoms with Crippen LogP contribution in [0.1, 0.15) is 41.4 Å². The molecule has 30 heavy (non-hydrogen) atoms. The first-order chi connectivity index (χ1) is 14.6. The molecule has 2 N–H and O–H groups in total. The van der Waals surface area contributed by atoms with Crippen LogP contribution in [0.3, 0.4) is 0 Å². The number of aromatic nitrogens is 1. The van der Waals surface area contributed by atoms with Crippen molar-refractivity contribution in [1.29, 1.82) is 0 Å². The van der Waals surface area contributed by atoms with Crippen LogP contribution >= 0.6 is 0 Å². The maximum Gasteiger partial charge on any atom is 0.277 e. The summed E-state index contributed by atoms with van der Waals surface area (Å²) in [5.74, 6) is 0.515. The highest BCUT2D eigenvalue weighted by Gasteiger charge is 2.24. The molecule has 0 saturated carbocycles. The van der Waals surface area contributed by atoms with Crippen molar-refractivity contribution in [2.75, 3.05) is 10.6 Å². The van der Waals surface area contributed by atoms with Crippen LogP contribution in [0.5, 0.6) is 5.75 Å². The number of hydrogen-bond acceptors (Lipinski definition) is 5. The van der Waals surface area contributed by atoms with Crippen molar-refractivity contribution in [2.24, 2.45) is 0 Å². The van der Waals surface area contributed by atoms with E-state index in [9.17, 15) is 9.59 Å². The SMILES string of the molecule is CC1Oc2ccc(NC(=O)c3cc(-c4ccc5c(c4)CCCC5)on3)cc2NC1=O. The zero-order chi connectivity index (χ0) is 20.7. The monoisotopic (exact) mass is 403 g/mol. The van der Waals surface area contributed by atoms with E-state index in [1.54, 1.807) is 31.2 Å². The molecule has 0 saturated heterocycles. The quantitative estimate of drug-likeness (QED) is 0.684. The fourth-order valence-corrected chi connectivity index (χ4v) is 3.89. The molecule has 2 aliphatic rings. The van der Waals surface area contributed by atoms with Crippen molar-refractivity contribution in [1.82, 2.24) is 5.16 Å². The largest absolute Gasteiger partial charge is 0.479 e. The first-order valence-electron chi connectivity index (χ1n) is 10.1. The maximum absolute atomic E-state index is 12.6. The lowest BCUT2D eigenvalue weighted by atomic mass is 9.90. The van der Waals surface area contributed by atoms with Crippen molar-refractivity contribution < 1.29 is 18.8 Å². The van der Waals surface area contributed by atoms with E-state index in [-0.39, 0.29) is 17.5 Å². The van der Waals surface area contributed by atoms with Crippen LogP contribution in [-0.2, 0) is 17.6 Å². The van der Waals surface area contributed by atoms with Gasteiger partial charge < -0.3 is 19.9 Å². The summed E-state index contributed by atoms with van der Waals surface area (Å²) in [5.41, 5.74) is 4.88. The molecular formula is C23H21N3O4. The first-order valence-corrected chi connectivity index (χ1v) is 10.1. The summed E-state index contributed by atoms with van der Waals surface area (Å²) in [6.07, 6.45) is 4.07. The van der Waals surface area contributed by atoms with Crippen LogP contribution in [0.15, 0.2) is 47.0 Å². The Bertz CT molecular complexity index is 1150. The van der Waals surface area contributed by atoms with Crippen LogP contribution in [0.4, 0.5) is 11.4 Å². The van der Waals surface area contributed by atoms with Crippen molar-refractivity contribution in [2.45, 2.75) is 38.7 Å². The lowest BCUT2D eigenvalue weighted by Gasteiger charge is -2.23. The fraction of sp³-hybridized carbons (Fsp3) is 0.261. The van der Waals surface area contributed by atoms with E-state index in [1.807, 2.05) is 6.07 Å². The second kappa shape index (κ2) is 7.33. The van der Waals surface area contributed by atoms with Crippen LogP contribution in [0, 0.1) is 0 Å². The number of benzene rings is 2. The summed E-state index contributed by atoms with van der Waals surface area (Å²) in [6, 6.07) is 13.0.